The van der Waals surface area contributed by atoms with Gasteiger partial charge in [-0.2, -0.15) is 0 Å². The summed E-state index contributed by atoms with van der Waals surface area (Å²) in [6.07, 6.45) is 1.62. The quantitative estimate of drug-likeness (QED) is 0.343. The lowest BCUT2D eigenvalue weighted by Crippen LogP contribution is -2.31. The fourth-order valence-corrected chi connectivity index (χ4v) is 4.39. The topological polar surface area (TPSA) is 86.0 Å². The zero-order chi connectivity index (χ0) is 22.5. The summed E-state index contributed by atoms with van der Waals surface area (Å²) in [5.74, 6) is 1.44. The minimum atomic E-state index is -0.570. The molecule has 7 nitrogen and oxygen atoms in total. The molecule has 0 spiro atoms. The summed E-state index contributed by atoms with van der Waals surface area (Å²) in [7, 11) is 0. The molecule has 0 saturated heterocycles. The van der Waals surface area contributed by atoms with Crippen LogP contribution in [0.1, 0.15) is 11.3 Å². The van der Waals surface area contributed by atoms with Crippen LogP contribution in [0, 0.1) is 0 Å². The molecule has 6 rings (SSSR count). The van der Waals surface area contributed by atoms with Crippen molar-refractivity contribution in [3.05, 3.63) is 98.0 Å². The van der Waals surface area contributed by atoms with E-state index in [1.807, 2.05) is 23.1 Å². The molecule has 2 aromatic carbocycles. The molecule has 164 valence electrons. The average Bonchev–Trinajstić information content (AvgIpc) is 3.31. The third-order valence-corrected chi connectivity index (χ3v) is 5.94. The van der Waals surface area contributed by atoms with E-state index >= 15 is 0 Å². The van der Waals surface area contributed by atoms with E-state index in [0.29, 0.717) is 58.1 Å². The van der Waals surface area contributed by atoms with Crippen molar-refractivity contribution in [1.29, 1.82) is 0 Å². The van der Waals surface area contributed by atoms with Gasteiger partial charge in [0.15, 0.2) is 0 Å². The Balaban J connectivity index is 1.51. The van der Waals surface area contributed by atoms with Gasteiger partial charge in [-0.1, -0.05) is 11.6 Å². The highest BCUT2D eigenvalue weighted by atomic mass is 35.5. The predicted molar refractivity (Wildman–Crippen MR) is 122 cm³/mol. The first kappa shape index (κ1) is 19.8. The molecule has 0 saturated carbocycles. The second kappa shape index (κ2) is 7.65. The molecule has 0 radical (unpaired) electrons. The number of rotatable bonds is 3. The van der Waals surface area contributed by atoms with Crippen LogP contribution in [-0.4, -0.2) is 11.6 Å². The molecule has 4 heterocycles. The third kappa shape index (κ3) is 3.51. The van der Waals surface area contributed by atoms with Crippen LogP contribution in [0.4, 0.5) is 0 Å². The summed E-state index contributed by atoms with van der Waals surface area (Å²) in [6, 6.07) is 15.3. The Hall–Kier alpha value is -3.81. The number of furan rings is 1. The van der Waals surface area contributed by atoms with Gasteiger partial charge in [0.2, 0.25) is 0 Å². The maximum Gasteiger partial charge on any atom is 0.344 e. The fourth-order valence-electron chi connectivity index (χ4n) is 4.21. The van der Waals surface area contributed by atoms with Gasteiger partial charge in [0.1, 0.15) is 29.4 Å². The van der Waals surface area contributed by atoms with Crippen LogP contribution in [0.2, 0.25) is 5.02 Å². The van der Waals surface area contributed by atoms with Crippen molar-refractivity contribution in [1.82, 2.24) is 4.90 Å². The van der Waals surface area contributed by atoms with Crippen LogP contribution in [-0.2, 0) is 13.1 Å². The van der Waals surface area contributed by atoms with Gasteiger partial charge in [0.05, 0.1) is 23.9 Å². The van der Waals surface area contributed by atoms with Crippen molar-refractivity contribution in [2.45, 2.75) is 13.1 Å². The van der Waals surface area contributed by atoms with Gasteiger partial charge < -0.3 is 18.0 Å². The summed E-state index contributed by atoms with van der Waals surface area (Å²) in [5, 5.41) is 1.79. The summed E-state index contributed by atoms with van der Waals surface area (Å²) >= 11 is 6.11. The van der Waals surface area contributed by atoms with Crippen LogP contribution in [0.5, 0.6) is 5.75 Å². The standard InChI is InChI=1S/C25H16ClNO6/c26-15-3-5-21-14(8-15)9-19(25(29)32-21)18-10-23(28)33-24-17(18)4-6-22-20(24)12-27(13-31-22)11-16-2-1-7-30-16/h1-10H,11-13H2. The maximum absolute atomic E-state index is 12.8. The molecular formula is C25H16ClNO6. The number of ether oxygens (including phenoxy) is 1. The van der Waals surface area contributed by atoms with Crippen LogP contribution < -0.4 is 16.0 Å². The summed E-state index contributed by atoms with van der Waals surface area (Å²) < 4.78 is 22.4. The molecule has 8 heteroatoms. The van der Waals surface area contributed by atoms with E-state index in [1.165, 1.54) is 6.07 Å². The lowest BCUT2D eigenvalue weighted by Gasteiger charge is -2.28. The molecule has 33 heavy (non-hydrogen) atoms. The number of fused-ring (bicyclic) bond motifs is 4. The van der Waals surface area contributed by atoms with E-state index in [-0.39, 0.29) is 5.56 Å². The van der Waals surface area contributed by atoms with E-state index in [4.69, 9.17) is 29.6 Å². The van der Waals surface area contributed by atoms with Gasteiger partial charge in [0, 0.05) is 34.0 Å². The van der Waals surface area contributed by atoms with E-state index in [2.05, 4.69) is 0 Å². The van der Waals surface area contributed by atoms with Gasteiger partial charge in [-0.05, 0) is 48.5 Å². The van der Waals surface area contributed by atoms with E-state index in [9.17, 15) is 9.59 Å². The van der Waals surface area contributed by atoms with Gasteiger partial charge in [-0.25, -0.2) is 9.59 Å². The molecule has 3 aromatic heterocycles. The van der Waals surface area contributed by atoms with Crippen molar-refractivity contribution < 1.29 is 18.0 Å². The van der Waals surface area contributed by atoms with Gasteiger partial charge >= 0.3 is 11.3 Å². The molecule has 1 aliphatic heterocycles. The highest BCUT2D eigenvalue weighted by molar-refractivity contribution is 6.31. The van der Waals surface area contributed by atoms with Gasteiger partial charge in [-0.3, -0.25) is 4.90 Å². The predicted octanol–water partition coefficient (Wildman–Crippen LogP) is 5.16. The lowest BCUT2D eigenvalue weighted by atomic mass is 9.99. The molecule has 0 bridgehead atoms. The van der Waals surface area contributed by atoms with Crippen LogP contribution in [0.15, 0.2) is 83.7 Å². The van der Waals surface area contributed by atoms with Gasteiger partial charge in [-0.15, -0.1) is 0 Å². The first-order valence-corrected chi connectivity index (χ1v) is 10.6. The van der Waals surface area contributed by atoms with Crippen LogP contribution >= 0.6 is 11.6 Å². The monoisotopic (exact) mass is 461 g/mol. The third-order valence-electron chi connectivity index (χ3n) is 5.70. The molecule has 1 aliphatic rings. The molecule has 0 atom stereocenters. The Kier molecular flexibility index (Phi) is 4.60. The largest absolute Gasteiger partial charge is 0.478 e. The van der Waals surface area contributed by atoms with Gasteiger partial charge in [0.25, 0.3) is 0 Å². The summed E-state index contributed by atoms with van der Waals surface area (Å²) in [5.41, 5.74) is 1.10. The van der Waals surface area contributed by atoms with Crippen LogP contribution in [0.25, 0.3) is 33.1 Å². The average molecular weight is 462 g/mol. The number of benzene rings is 2. The van der Waals surface area contributed by atoms with Crippen molar-refractivity contribution >= 4 is 33.5 Å². The highest BCUT2D eigenvalue weighted by Gasteiger charge is 2.24. The van der Waals surface area contributed by atoms with Crippen molar-refractivity contribution in [2.24, 2.45) is 0 Å². The number of hydrogen-bond acceptors (Lipinski definition) is 7. The Morgan fingerprint density at radius 2 is 1.88 bits per heavy atom. The van der Waals surface area contributed by atoms with Crippen molar-refractivity contribution in [3.63, 3.8) is 0 Å². The summed E-state index contributed by atoms with van der Waals surface area (Å²) in [6.45, 7) is 1.40. The molecule has 0 unspecified atom stereocenters. The highest BCUT2D eigenvalue weighted by Crippen LogP contribution is 2.36. The number of hydrogen-bond donors (Lipinski definition) is 0. The minimum Gasteiger partial charge on any atom is -0.478 e. The van der Waals surface area contributed by atoms with E-state index < -0.39 is 11.3 Å². The smallest absolute Gasteiger partial charge is 0.344 e. The fraction of sp³-hybridized carbons (Fsp3) is 0.120. The molecule has 0 aliphatic carbocycles. The number of halogens is 1. The maximum atomic E-state index is 12.8. The second-order valence-corrected chi connectivity index (χ2v) is 8.30. The lowest BCUT2D eigenvalue weighted by molar-refractivity contribution is 0.0826. The molecular weight excluding hydrogens is 446 g/mol. The first-order valence-electron chi connectivity index (χ1n) is 10.3. The van der Waals surface area contributed by atoms with Crippen molar-refractivity contribution in [3.8, 4) is 16.9 Å². The first-order chi connectivity index (χ1) is 16.0. The van der Waals surface area contributed by atoms with Crippen molar-refractivity contribution in [2.75, 3.05) is 6.73 Å². The molecule has 5 aromatic rings. The molecule has 0 fully saturated rings. The summed E-state index contributed by atoms with van der Waals surface area (Å²) in [4.78, 5) is 27.4. The molecule has 0 N–H and O–H groups in total. The molecule has 0 amide bonds. The van der Waals surface area contributed by atoms with Crippen LogP contribution in [0.3, 0.4) is 0 Å². The van der Waals surface area contributed by atoms with E-state index in [1.54, 1.807) is 36.6 Å². The Morgan fingerprint density at radius 3 is 2.73 bits per heavy atom. The zero-order valence-electron chi connectivity index (χ0n) is 17.2. The minimum absolute atomic E-state index is 0.256. The Bertz CT molecular complexity index is 1630. The van der Waals surface area contributed by atoms with E-state index in [0.717, 1.165) is 11.3 Å². The SMILES string of the molecule is O=c1cc(-c2cc3cc(Cl)ccc3oc2=O)c2ccc3c(c2o1)CN(Cc1ccco1)CO3. The zero-order valence-corrected chi connectivity index (χ0v) is 17.9. The second-order valence-electron chi connectivity index (χ2n) is 7.87. The normalized spacial score (nSPS) is 13.8. The Labute approximate surface area is 191 Å². The number of nitrogens with zero attached hydrogens (tertiary/aromatic N) is 1. The Morgan fingerprint density at radius 1 is 0.970 bits per heavy atom.